The third-order valence-electron chi connectivity index (χ3n) is 3.94. The lowest BCUT2D eigenvalue weighted by Gasteiger charge is -2.16. The topological polar surface area (TPSA) is 90.1 Å². The zero-order valence-electron chi connectivity index (χ0n) is 13.7. The summed E-state index contributed by atoms with van der Waals surface area (Å²) in [6, 6.07) is 6.47. The number of hydrogen-bond acceptors (Lipinski definition) is 4. The van der Waals surface area contributed by atoms with Gasteiger partial charge in [0, 0.05) is 5.69 Å². The van der Waals surface area contributed by atoms with Crippen molar-refractivity contribution in [3.8, 4) is 0 Å². The van der Waals surface area contributed by atoms with Crippen molar-refractivity contribution in [3.05, 3.63) is 51.2 Å². The minimum Gasteiger partial charge on any atom is -0.358 e. The molecule has 23 heavy (non-hydrogen) atoms. The van der Waals surface area contributed by atoms with Crippen molar-refractivity contribution in [1.29, 1.82) is 0 Å². The van der Waals surface area contributed by atoms with E-state index in [4.69, 9.17) is 0 Å². The molecule has 0 aliphatic carbocycles. The van der Waals surface area contributed by atoms with Crippen molar-refractivity contribution < 1.29 is 9.72 Å². The first-order valence-corrected chi connectivity index (χ1v) is 7.42. The number of benzene rings is 1. The number of carbonyl (C=O) groups is 1. The molecule has 2 rings (SSSR count). The number of aryl methyl sites for hydroxylation is 2. The number of nitrogens with one attached hydrogen (secondary N) is 1. The third-order valence-corrected chi connectivity index (χ3v) is 3.94. The fourth-order valence-electron chi connectivity index (χ4n) is 2.45. The van der Waals surface area contributed by atoms with E-state index >= 15 is 0 Å². The minimum atomic E-state index is -0.594. The minimum absolute atomic E-state index is 0.234. The first-order valence-electron chi connectivity index (χ1n) is 7.42. The maximum atomic E-state index is 12.6. The molecule has 1 N–H and O–H groups in total. The molecular weight excluding hydrogens is 296 g/mol. The molecule has 0 saturated heterocycles. The highest BCUT2D eigenvalue weighted by molar-refractivity contribution is 5.94. The number of nitrogens with zero attached hydrogens (tertiary/aromatic N) is 3. The molecule has 1 amide bonds. The van der Waals surface area contributed by atoms with Gasteiger partial charge in [0.1, 0.15) is 0 Å². The van der Waals surface area contributed by atoms with Gasteiger partial charge in [0.05, 0.1) is 16.9 Å². The molecule has 1 aromatic heterocycles. The normalized spacial score (nSPS) is 12.0. The van der Waals surface area contributed by atoms with Gasteiger partial charge < -0.3 is 15.4 Å². The van der Waals surface area contributed by atoms with Crippen molar-refractivity contribution in [2.75, 3.05) is 5.32 Å². The largest absolute Gasteiger partial charge is 0.390 e. The molecule has 122 valence electrons. The predicted octanol–water partition coefficient (Wildman–Crippen LogP) is 3.31. The van der Waals surface area contributed by atoms with E-state index in [-0.39, 0.29) is 11.7 Å². The molecule has 7 heteroatoms. The highest BCUT2D eigenvalue weighted by Crippen LogP contribution is 2.23. The number of nitro groups is 1. The Balaban J connectivity index is 2.28. The summed E-state index contributed by atoms with van der Waals surface area (Å²) in [6.45, 7) is 7.47. The van der Waals surface area contributed by atoms with Crippen LogP contribution in [0.2, 0.25) is 0 Å². The molecule has 1 aromatic carbocycles. The number of hydrogen-bond donors (Lipinski definition) is 1. The Kier molecular flexibility index (Phi) is 4.78. The Bertz CT molecular complexity index is 752. The Hall–Kier alpha value is -2.70. The smallest absolute Gasteiger partial charge is 0.358 e. The second kappa shape index (κ2) is 6.60. The summed E-state index contributed by atoms with van der Waals surface area (Å²) >= 11 is 0. The molecule has 0 spiro atoms. The zero-order valence-corrected chi connectivity index (χ0v) is 13.7. The Morgan fingerprint density at radius 3 is 2.65 bits per heavy atom. The second-order valence-corrected chi connectivity index (χ2v) is 5.51. The molecule has 0 aliphatic rings. The summed E-state index contributed by atoms with van der Waals surface area (Å²) in [7, 11) is 0. The summed E-state index contributed by atoms with van der Waals surface area (Å²) in [5.74, 6) is -0.484. The van der Waals surface area contributed by atoms with Gasteiger partial charge in [-0.3, -0.25) is 4.79 Å². The summed E-state index contributed by atoms with van der Waals surface area (Å²) < 4.78 is 1.42. The van der Waals surface area contributed by atoms with Crippen molar-refractivity contribution >= 4 is 17.4 Å². The van der Waals surface area contributed by atoms with E-state index in [2.05, 4.69) is 10.4 Å². The maximum absolute atomic E-state index is 12.6. The molecule has 2 aromatic rings. The average molecular weight is 316 g/mol. The molecule has 0 fully saturated rings. The lowest BCUT2D eigenvalue weighted by Crippen LogP contribution is -2.27. The maximum Gasteiger partial charge on any atom is 0.390 e. The molecule has 1 atom stereocenters. The molecule has 1 heterocycles. The lowest BCUT2D eigenvalue weighted by atomic mass is 10.1. The van der Waals surface area contributed by atoms with Crippen LogP contribution in [-0.4, -0.2) is 20.6 Å². The van der Waals surface area contributed by atoms with Crippen LogP contribution in [0.25, 0.3) is 0 Å². The fourth-order valence-corrected chi connectivity index (χ4v) is 2.45. The highest BCUT2D eigenvalue weighted by Gasteiger charge is 2.27. The van der Waals surface area contributed by atoms with E-state index in [0.29, 0.717) is 12.1 Å². The molecule has 0 saturated carbocycles. The molecule has 7 nitrogen and oxygen atoms in total. The number of aromatic nitrogens is 2. The van der Waals surface area contributed by atoms with Gasteiger partial charge in [0.25, 0.3) is 5.91 Å². The molecule has 0 radical (unpaired) electrons. The summed E-state index contributed by atoms with van der Waals surface area (Å²) in [5.41, 5.74) is 3.41. The van der Waals surface area contributed by atoms with Gasteiger partial charge in [-0.15, -0.1) is 0 Å². The van der Waals surface area contributed by atoms with Crippen molar-refractivity contribution in [3.63, 3.8) is 0 Å². The second-order valence-electron chi connectivity index (χ2n) is 5.51. The van der Waals surface area contributed by atoms with Crippen LogP contribution in [0.1, 0.15) is 36.2 Å². The van der Waals surface area contributed by atoms with Crippen LogP contribution >= 0.6 is 0 Å². The van der Waals surface area contributed by atoms with Crippen LogP contribution in [0, 0.1) is 30.9 Å². The van der Waals surface area contributed by atoms with Gasteiger partial charge in [-0.1, -0.05) is 19.1 Å². The van der Waals surface area contributed by atoms with Gasteiger partial charge in [0.15, 0.2) is 6.04 Å². The van der Waals surface area contributed by atoms with E-state index < -0.39 is 11.0 Å². The van der Waals surface area contributed by atoms with Crippen LogP contribution in [-0.2, 0) is 4.79 Å². The zero-order chi connectivity index (χ0) is 17.1. The standard InChI is InChI=1S/C16H20N4O3/c1-5-14(19-11(3)9-15(18-19)20(22)23)16(21)17-13-8-6-7-10(2)12(13)4/h6-9,14H,5H2,1-4H3,(H,17,21). The Morgan fingerprint density at radius 1 is 1.39 bits per heavy atom. The predicted molar refractivity (Wildman–Crippen MR) is 87.5 cm³/mol. The monoisotopic (exact) mass is 316 g/mol. The van der Waals surface area contributed by atoms with E-state index in [0.717, 1.165) is 16.8 Å². The molecule has 0 aliphatic heterocycles. The molecular formula is C16H20N4O3. The summed E-state index contributed by atoms with van der Waals surface area (Å²) in [6.07, 6.45) is 0.483. The third kappa shape index (κ3) is 3.39. The number of anilines is 1. The van der Waals surface area contributed by atoms with Crippen LogP contribution in [0.4, 0.5) is 11.5 Å². The molecule has 1 unspecified atom stereocenters. The first-order chi connectivity index (χ1) is 10.8. The summed E-state index contributed by atoms with van der Waals surface area (Å²) in [5, 5.41) is 17.7. The lowest BCUT2D eigenvalue weighted by molar-refractivity contribution is -0.389. The van der Waals surface area contributed by atoms with Gasteiger partial charge in [0.2, 0.25) is 0 Å². The van der Waals surface area contributed by atoms with Crippen LogP contribution < -0.4 is 5.32 Å². The van der Waals surface area contributed by atoms with Gasteiger partial charge in [-0.25, -0.2) is 0 Å². The van der Waals surface area contributed by atoms with Crippen molar-refractivity contribution in [2.45, 2.75) is 40.2 Å². The summed E-state index contributed by atoms with van der Waals surface area (Å²) in [4.78, 5) is 22.9. The van der Waals surface area contributed by atoms with Gasteiger partial charge >= 0.3 is 5.82 Å². The van der Waals surface area contributed by atoms with E-state index in [1.54, 1.807) is 6.92 Å². The fraction of sp³-hybridized carbons (Fsp3) is 0.375. The van der Waals surface area contributed by atoms with E-state index in [1.807, 2.05) is 39.0 Å². The Labute approximate surface area is 134 Å². The van der Waals surface area contributed by atoms with Crippen molar-refractivity contribution in [1.82, 2.24) is 9.78 Å². The quantitative estimate of drug-likeness (QED) is 0.677. The molecule has 0 bridgehead atoms. The highest BCUT2D eigenvalue weighted by atomic mass is 16.6. The van der Waals surface area contributed by atoms with Crippen LogP contribution in [0.3, 0.4) is 0 Å². The van der Waals surface area contributed by atoms with Crippen LogP contribution in [0.15, 0.2) is 24.3 Å². The van der Waals surface area contributed by atoms with Crippen LogP contribution in [0.5, 0.6) is 0 Å². The number of carbonyl (C=O) groups excluding carboxylic acids is 1. The average Bonchev–Trinajstić information content (AvgIpc) is 2.87. The first kappa shape index (κ1) is 16.7. The number of amides is 1. The van der Waals surface area contributed by atoms with E-state index in [1.165, 1.54) is 10.7 Å². The van der Waals surface area contributed by atoms with Gasteiger partial charge in [-0.2, -0.15) is 4.68 Å². The van der Waals surface area contributed by atoms with Crippen molar-refractivity contribution in [2.24, 2.45) is 0 Å². The van der Waals surface area contributed by atoms with E-state index in [9.17, 15) is 14.9 Å². The number of rotatable bonds is 5. The Morgan fingerprint density at radius 2 is 2.09 bits per heavy atom. The SMILES string of the molecule is CCC(C(=O)Nc1cccc(C)c1C)n1nc([N+](=O)[O-])cc1C. The van der Waals surface area contributed by atoms with Gasteiger partial charge in [-0.05, 0) is 49.3 Å².